The number of amides is 1. The van der Waals surface area contributed by atoms with E-state index in [9.17, 15) is 9.18 Å². The molecule has 1 aliphatic carbocycles. The van der Waals surface area contributed by atoms with E-state index in [4.69, 9.17) is 0 Å². The predicted molar refractivity (Wildman–Crippen MR) is 82.7 cm³/mol. The van der Waals surface area contributed by atoms with E-state index >= 15 is 0 Å². The molecule has 1 fully saturated rings. The lowest BCUT2D eigenvalue weighted by molar-refractivity contribution is -0.123. The third-order valence-electron chi connectivity index (χ3n) is 4.24. The Labute approximate surface area is 126 Å². The second-order valence-corrected chi connectivity index (χ2v) is 5.99. The zero-order chi connectivity index (χ0) is 15.2. The van der Waals surface area contributed by atoms with Crippen molar-refractivity contribution in [2.45, 2.75) is 58.0 Å². The summed E-state index contributed by atoms with van der Waals surface area (Å²) in [5.74, 6) is -0.119. The van der Waals surface area contributed by atoms with Crippen molar-refractivity contribution in [2.75, 3.05) is 6.54 Å². The van der Waals surface area contributed by atoms with E-state index < -0.39 is 0 Å². The molecule has 21 heavy (non-hydrogen) atoms. The molecule has 1 aromatic carbocycles. The largest absolute Gasteiger partial charge is 0.352 e. The molecule has 1 unspecified atom stereocenters. The number of hydrogen-bond donors (Lipinski definition) is 2. The summed E-state index contributed by atoms with van der Waals surface area (Å²) in [4.78, 5) is 12.0. The van der Waals surface area contributed by atoms with E-state index in [1.807, 2.05) is 19.9 Å². The van der Waals surface area contributed by atoms with Gasteiger partial charge in [0.1, 0.15) is 5.82 Å². The first kappa shape index (κ1) is 16.0. The van der Waals surface area contributed by atoms with Crippen LogP contribution in [0.4, 0.5) is 4.39 Å². The highest BCUT2D eigenvalue weighted by molar-refractivity contribution is 5.81. The molecule has 0 aromatic heterocycles. The van der Waals surface area contributed by atoms with Gasteiger partial charge in [0.05, 0.1) is 6.04 Å². The fourth-order valence-corrected chi connectivity index (χ4v) is 2.85. The van der Waals surface area contributed by atoms with Crippen molar-refractivity contribution in [3.05, 3.63) is 35.1 Å². The third-order valence-corrected chi connectivity index (χ3v) is 4.24. The summed E-state index contributed by atoms with van der Waals surface area (Å²) in [5, 5.41) is 6.34. The van der Waals surface area contributed by atoms with E-state index in [1.165, 1.54) is 18.9 Å². The molecule has 1 amide bonds. The van der Waals surface area contributed by atoms with Crippen LogP contribution >= 0.6 is 0 Å². The minimum atomic E-state index is -0.200. The van der Waals surface area contributed by atoms with Crippen molar-refractivity contribution in [1.29, 1.82) is 0 Å². The molecule has 0 spiro atoms. The topological polar surface area (TPSA) is 41.1 Å². The van der Waals surface area contributed by atoms with Gasteiger partial charge in [0.2, 0.25) is 5.91 Å². The van der Waals surface area contributed by atoms with Gasteiger partial charge >= 0.3 is 0 Å². The zero-order valence-corrected chi connectivity index (χ0v) is 12.9. The van der Waals surface area contributed by atoms with Crippen LogP contribution in [0, 0.1) is 12.7 Å². The molecule has 1 aliphatic rings. The summed E-state index contributed by atoms with van der Waals surface area (Å²) in [7, 11) is 0. The molecule has 0 aliphatic heterocycles. The molecule has 0 saturated heterocycles. The number of halogens is 1. The van der Waals surface area contributed by atoms with Crippen LogP contribution in [-0.2, 0) is 11.2 Å². The van der Waals surface area contributed by atoms with Crippen LogP contribution in [0.2, 0.25) is 0 Å². The monoisotopic (exact) mass is 292 g/mol. The molecular weight excluding hydrogens is 267 g/mol. The number of carbonyl (C=O) groups is 1. The minimum Gasteiger partial charge on any atom is -0.352 e. The van der Waals surface area contributed by atoms with Crippen LogP contribution in [0.3, 0.4) is 0 Å². The first-order valence-electron chi connectivity index (χ1n) is 7.85. The molecule has 1 saturated carbocycles. The van der Waals surface area contributed by atoms with Crippen molar-refractivity contribution in [2.24, 2.45) is 0 Å². The first-order valence-corrected chi connectivity index (χ1v) is 7.85. The van der Waals surface area contributed by atoms with Gasteiger partial charge in [-0.25, -0.2) is 4.39 Å². The van der Waals surface area contributed by atoms with E-state index in [-0.39, 0.29) is 17.8 Å². The maximum Gasteiger partial charge on any atom is 0.237 e. The summed E-state index contributed by atoms with van der Waals surface area (Å²) in [6, 6.07) is 5.02. The Morgan fingerprint density at radius 3 is 2.76 bits per heavy atom. The number of benzene rings is 1. The Kier molecular flexibility index (Phi) is 5.74. The van der Waals surface area contributed by atoms with Gasteiger partial charge in [-0.1, -0.05) is 18.9 Å². The number of aryl methyl sites for hydroxylation is 1. The Bertz CT molecular complexity index is 484. The molecule has 2 N–H and O–H groups in total. The standard InChI is InChI=1S/C17H25FN2O/c1-12-11-15(18)8-7-14(12)9-10-19-13(2)17(21)20-16-5-3-4-6-16/h7-8,11,13,16,19H,3-6,9-10H2,1-2H3,(H,20,21). The average molecular weight is 292 g/mol. The molecule has 3 nitrogen and oxygen atoms in total. The molecule has 1 aromatic rings. The summed E-state index contributed by atoms with van der Waals surface area (Å²) < 4.78 is 13.0. The lowest BCUT2D eigenvalue weighted by Gasteiger charge is -2.18. The number of carbonyl (C=O) groups excluding carboxylic acids is 1. The summed E-state index contributed by atoms with van der Waals surface area (Å²) in [6.07, 6.45) is 5.45. The molecule has 116 valence electrons. The van der Waals surface area contributed by atoms with E-state index in [2.05, 4.69) is 10.6 Å². The Morgan fingerprint density at radius 1 is 1.38 bits per heavy atom. The van der Waals surface area contributed by atoms with Crippen LogP contribution in [0.15, 0.2) is 18.2 Å². The SMILES string of the molecule is Cc1cc(F)ccc1CCNC(C)C(=O)NC1CCCC1. The van der Waals surface area contributed by atoms with Crippen LogP contribution in [0.25, 0.3) is 0 Å². The van der Waals surface area contributed by atoms with Gasteiger partial charge in [-0.2, -0.15) is 0 Å². The van der Waals surface area contributed by atoms with Crippen LogP contribution < -0.4 is 10.6 Å². The summed E-state index contributed by atoms with van der Waals surface area (Å²) >= 11 is 0. The van der Waals surface area contributed by atoms with Crippen molar-refractivity contribution >= 4 is 5.91 Å². The molecule has 0 bridgehead atoms. The minimum absolute atomic E-state index is 0.0812. The fraction of sp³-hybridized carbons (Fsp3) is 0.588. The number of hydrogen-bond acceptors (Lipinski definition) is 2. The van der Waals surface area contributed by atoms with Crippen molar-refractivity contribution < 1.29 is 9.18 Å². The highest BCUT2D eigenvalue weighted by Gasteiger charge is 2.20. The smallest absolute Gasteiger partial charge is 0.237 e. The molecule has 0 heterocycles. The zero-order valence-electron chi connectivity index (χ0n) is 12.9. The summed E-state index contributed by atoms with van der Waals surface area (Å²) in [5.41, 5.74) is 2.08. The normalized spacial score (nSPS) is 16.9. The van der Waals surface area contributed by atoms with Gasteiger partial charge < -0.3 is 10.6 Å². The van der Waals surface area contributed by atoms with E-state index in [1.54, 1.807) is 6.07 Å². The first-order chi connectivity index (χ1) is 10.1. The van der Waals surface area contributed by atoms with Gasteiger partial charge in [-0.05, 0) is 62.9 Å². The average Bonchev–Trinajstić information content (AvgIpc) is 2.94. The van der Waals surface area contributed by atoms with Gasteiger partial charge in [0.25, 0.3) is 0 Å². The van der Waals surface area contributed by atoms with Gasteiger partial charge in [0, 0.05) is 6.04 Å². The molecule has 2 rings (SSSR count). The van der Waals surface area contributed by atoms with Crippen LogP contribution in [0.5, 0.6) is 0 Å². The molecule has 4 heteroatoms. The molecule has 1 atom stereocenters. The third kappa shape index (κ3) is 4.81. The fourth-order valence-electron chi connectivity index (χ4n) is 2.85. The van der Waals surface area contributed by atoms with Crippen molar-refractivity contribution in [3.63, 3.8) is 0 Å². The van der Waals surface area contributed by atoms with Gasteiger partial charge in [0.15, 0.2) is 0 Å². The van der Waals surface area contributed by atoms with E-state index in [0.717, 1.165) is 30.4 Å². The maximum atomic E-state index is 13.0. The lowest BCUT2D eigenvalue weighted by atomic mass is 10.1. The quantitative estimate of drug-likeness (QED) is 0.846. The number of nitrogens with one attached hydrogen (secondary N) is 2. The second kappa shape index (κ2) is 7.55. The highest BCUT2D eigenvalue weighted by atomic mass is 19.1. The van der Waals surface area contributed by atoms with Crippen LogP contribution in [-0.4, -0.2) is 24.5 Å². The molecule has 0 radical (unpaired) electrons. The maximum absolute atomic E-state index is 13.0. The van der Waals surface area contributed by atoms with E-state index in [0.29, 0.717) is 12.6 Å². The lowest BCUT2D eigenvalue weighted by Crippen LogP contribution is -2.46. The van der Waals surface area contributed by atoms with Gasteiger partial charge in [-0.15, -0.1) is 0 Å². The summed E-state index contributed by atoms with van der Waals surface area (Å²) in [6.45, 7) is 4.52. The molecular formula is C17H25FN2O. The van der Waals surface area contributed by atoms with Gasteiger partial charge in [-0.3, -0.25) is 4.79 Å². The van der Waals surface area contributed by atoms with Crippen LogP contribution in [0.1, 0.15) is 43.7 Å². The Hall–Kier alpha value is -1.42. The number of rotatable bonds is 6. The highest BCUT2D eigenvalue weighted by Crippen LogP contribution is 2.17. The van der Waals surface area contributed by atoms with Crippen molar-refractivity contribution in [3.8, 4) is 0 Å². The van der Waals surface area contributed by atoms with Crippen molar-refractivity contribution in [1.82, 2.24) is 10.6 Å². The Morgan fingerprint density at radius 2 is 2.10 bits per heavy atom. The second-order valence-electron chi connectivity index (χ2n) is 5.99. The Balaban J connectivity index is 1.73. The predicted octanol–water partition coefficient (Wildman–Crippen LogP) is 2.71.